The lowest BCUT2D eigenvalue weighted by atomic mass is 10.1. The van der Waals surface area contributed by atoms with Gasteiger partial charge in [-0.25, -0.2) is 13.4 Å². The molecule has 0 amide bonds. The fraction of sp³-hybridized carbons (Fsp3) is 0.154. The number of hydrogen-bond donors (Lipinski definition) is 3. The molecule has 1 heterocycles. The van der Waals surface area contributed by atoms with E-state index < -0.39 is 10.0 Å². The maximum Gasteiger partial charge on any atom is 0.262 e. The van der Waals surface area contributed by atoms with Crippen LogP contribution in [0.2, 0.25) is 0 Å². The highest BCUT2D eigenvalue weighted by Gasteiger charge is 2.20. The predicted molar refractivity (Wildman–Crippen MR) is 138 cm³/mol. The zero-order chi connectivity index (χ0) is 24.3. The van der Waals surface area contributed by atoms with Crippen molar-refractivity contribution < 1.29 is 8.42 Å². The molecule has 0 aliphatic carbocycles. The molecule has 0 radical (unpaired) electrons. The zero-order valence-electron chi connectivity index (χ0n) is 19.5. The van der Waals surface area contributed by atoms with E-state index in [0.29, 0.717) is 22.3 Å². The van der Waals surface area contributed by atoms with E-state index in [2.05, 4.69) is 25.3 Å². The van der Waals surface area contributed by atoms with Gasteiger partial charge in [-0.2, -0.15) is 4.98 Å². The summed E-state index contributed by atoms with van der Waals surface area (Å²) >= 11 is 0. The van der Waals surface area contributed by atoms with Crippen LogP contribution in [0.3, 0.4) is 0 Å². The molecule has 3 aromatic carbocycles. The van der Waals surface area contributed by atoms with Crippen molar-refractivity contribution in [1.82, 2.24) is 9.97 Å². The summed E-state index contributed by atoms with van der Waals surface area (Å²) in [4.78, 5) is 9.28. The Morgan fingerprint density at radius 1 is 0.676 bits per heavy atom. The highest BCUT2D eigenvalue weighted by molar-refractivity contribution is 7.92. The molecule has 4 rings (SSSR count). The first kappa shape index (κ1) is 23.3. The first-order valence-corrected chi connectivity index (χ1v) is 12.3. The second kappa shape index (κ2) is 9.52. The number of aromatic nitrogens is 2. The summed E-state index contributed by atoms with van der Waals surface area (Å²) in [5, 5.41) is 6.44. The van der Waals surface area contributed by atoms with E-state index in [-0.39, 0.29) is 0 Å². The van der Waals surface area contributed by atoms with Crippen LogP contribution in [-0.4, -0.2) is 18.4 Å². The molecule has 0 saturated carbocycles. The minimum atomic E-state index is -3.71. The smallest absolute Gasteiger partial charge is 0.262 e. The van der Waals surface area contributed by atoms with Gasteiger partial charge in [0.25, 0.3) is 10.0 Å². The fourth-order valence-corrected chi connectivity index (χ4v) is 5.42. The van der Waals surface area contributed by atoms with Crippen LogP contribution in [0, 0.1) is 27.7 Å². The second-order valence-electron chi connectivity index (χ2n) is 8.24. The summed E-state index contributed by atoms with van der Waals surface area (Å²) in [7, 11) is -3.71. The molecule has 1 aromatic heterocycles. The summed E-state index contributed by atoms with van der Waals surface area (Å²) in [6.07, 6.45) is 0. The van der Waals surface area contributed by atoms with Gasteiger partial charge in [0.15, 0.2) is 0 Å². The lowest BCUT2D eigenvalue weighted by Gasteiger charge is -2.14. The monoisotopic (exact) mass is 473 g/mol. The van der Waals surface area contributed by atoms with Crippen molar-refractivity contribution in [2.75, 3.05) is 15.4 Å². The van der Waals surface area contributed by atoms with Crippen molar-refractivity contribution in [3.63, 3.8) is 0 Å². The van der Waals surface area contributed by atoms with E-state index in [9.17, 15) is 8.42 Å². The molecule has 0 aliphatic rings. The Bertz CT molecular complexity index is 1400. The zero-order valence-corrected chi connectivity index (χ0v) is 20.4. The van der Waals surface area contributed by atoms with Crippen LogP contribution >= 0.6 is 0 Å². The number of nitrogens with one attached hydrogen (secondary N) is 3. The minimum Gasteiger partial charge on any atom is -0.340 e. The topological polar surface area (TPSA) is 96.0 Å². The molecule has 0 aliphatic heterocycles. The summed E-state index contributed by atoms with van der Waals surface area (Å²) < 4.78 is 28.7. The Labute approximate surface area is 200 Å². The summed E-state index contributed by atoms with van der Waals surface area (Å²) in [6, 6.07) is 22.4. The maximum atomic E-state index is 13.0. The molecule has 8 heteroatoms. The van der Waals surface area contributed by atoms with Crippen LogP contribution in [0.1, 0.15) is 22.4 Å². The molecular weight excluding hydrogens is 446 g/mol. The van der Waals surface area contributed by atoms with Crippen LogP contribution in [0.4, 0.5) is 28.8 Å². The molecule has 174 valence electrons. The molecule has 3 N–H and O–H groups in total. The third-order valence-corrected chi connectivity index (χ3v) is 6.85. The molecule has 0 bridgehead atoms. The first-order valence-electron chi connectivity index (χ1n) is 10.9. The molecular formula is C26H27N5O2S. The first-order chi connectivity index (χ1) is 16.2. The van der Waals surface area contributed by atoms with Gasteiger partial charge in [-0.3, -0.25) is 4.72 Å². The van der Waals surface area contributed by atoms with E-state index in [4.69, 9.17) is 0 Å². The molecule has 7 nitrogen and oxygen atoms in total. The Balaban J connectivity index is 1.49. The number of rotatable bonds is 7. The van der Waals surface area contributed by atoms with Crippen molar-refractivity contribution in [3.8, 4) is 0 Å². The molecule has 0 spiro atoms. The van der Waals surface area contributed by atoms with Crippen LogP contribution in [0.25, 0.3) is 0 Å². The number of anilines is 5. The lowest BCUT2D eigenvalue weighted by Crippen LogP contribution is -2.16. The van der Waals surface area contributed by atoms with Gasteiger partial charge in [0.05, 0.1) is 4.90 Å². The van der Waals surface area contributed by atoms with E-state index in [0.717, 1.165) is 33.8 Å². The third-order valence-electron chi connectivity index (χ3n) is 5.17. The average molecular weight is 474 g/mol. The number of para-hydroxylation sites is 1. The molecule has 0 fully saturated rings. The Morgan fingerprint density at radius 3 is 1.91 bits per heavy atom. The van der Waals surface area contributed by atoms with E-state index in [1.807, 2.05) is 76.2 Å². The molecule has 4 aromatic rings. The number of hydrogen-bond acceptors (Lipinski definition) is 6. The summed E-state index contributed by atoms with van der Waals surface area (Å²) in [5.74, 6) is 1.12. The Kier molecular flexibility index (Phi) is 6.51. The number of nitrogens with zero attached hydrogens (tertiary/aromatic N) is 2. The van der Waals surface area contributed by atoms with E-state index in [1.165, 1.54) is 0 Å². The average Bonchev–Trinajstić information content (AvgIpc) is 2.74. The SMILES string of the molecule is Cc1cc(C)c(S(=O)(=O)Nc2ccc(Nc3nc(C)cc(Nc4ccccc4)n3)cc2)c(C)c1. The third kappa shape index (κ3) is 5.52. The van der Waals surface area contributed by atoms with E-state index >= 15 is 0 Å². The van der Waals surface area contributed by atoms with Gasteiger partial charge in [0.2, 0.25) is 5.95 Å². The van der Waals surface area contributed by atoms with Crippen molar-refractivity contribution >= 4 is 38.9 Å². The fourth-order valence-electron chi connectivity index (χ4n) is 3.91. The van der Waals surface area contributed by atoms with Crippen LogP contribution in [0.15, 0.2) is 77.7 Å². The number of benzene rings is 3. The van der Waals surface area contributed by atoms with Crippen molar-refractivity contribution in [2.24, 2.45) is 0 Å². The van der Waals surface area contributed by atoms with Crippen molar-refractivity contribution in [3.05, 3.63) is 95.2 Å². The Hall–Kier alpha value is -3.91. The summed E-state index contributed by atoms with van der Waals surface area (Å²) in [5.41, 5.74) is 5.43. The van der Waals surface area contributed by atoms with Gasteiger partial charge in [0, 0.05) is 28.8 Å². The molecule has 0 saturated heterocycles. The van der Waals surface area contributed by atoms with Crippen molar-refractivity contribution in [2.45, 2.75) is 32.6 Å². The maximum absolute atomic E-state index is 13.0. The van der Waals surface area contributed by atoms with Gasteiger partial charge in [-0.15, -0.1) is 0 Å². The second-order valence-corrected chi connectivity index (χ2v) is 9.86. The molecule has 34 heavy (non-hydrogen) atoms. The van der Waals surface area contributed by atoms with Gasteiger partial charge >= 0.3 is 0 Å². The normalized spacial score (nSPS) is 11.2. The quantitative estimate of drug-likeness (QED) is 0.305. The predicted octanol–water partition coefficient (Wildman–Crippen LogP) is 6.00. The molecule has 0 unspecified atom stereocenters. The van der Waals surface area contributed by atoms with Gasteiger partial charge < -0.3 is 10.6 Å². The molecule has 0 atom stereocenters. The van der Waals surface area contributed by atoms with Crippen LogP contribution < -0.4 is 15.4 Å². The standard InChI is InChI=1S/C26H27N5O2S/c1-17-14-18(2)25(19(3)15-17)34(32,33)31-23-12-10-22(11-13-23)29-26-27-20(4)16-24(30-26)28-21-8-6-5-7-9-21/h5-16,31H,1-4H3,(H2,27,28,29,30). The van der Waals surface area contributed by atoms with E-state index in [1.54, 1.807) is 24.3 Å². The van der Waals surface area contributed by atoms with Crippen LogP contribution in [0.5, 0.6) is 0 Å². The van der Waals surface area contributed by atoms with Crippen LogP contribution in [-0.2, 0) is 10.0 Å². The van der Waals surface area contributed by atoms with Crippen molar-refractivity contribution in [1.29, 1.82) is 0 Å². The number of sulfonamides is 1. The highest BCUT2D eigenvalue weighted by Crippen LogP contribution is 2.26. The lowest BCUT2D eigenvalue weighted by molar-refractivity contribution is 0.600. The van der Waals surface area contributed by atoms with Gasteiger partial charge in [-0.05, 0) is 75.2 Å². The van der Waals surface area contributed by atoms with Gasteiger partial charge in [0.1, 0.15) is 5.82 Å². The Morgan fingerprint density at radius 2 is 1.26 bits per heavy atom. The minimum absolute atomic E-state index is 0.312. The van der Waals surface area contributed by atoms with Gasteiger partial charge in [-0.1, -0.05) is 35.9 Å². The highest BCUT2D eigenvalue weighted by atomic mass is 32.2. The number of aryl methyl sites for hydroxylation is 4. The largest absolute Gasteiger partial charge is 0.340 e. The summed E-state index contributed by atoms with van der Waals surface area (Å²) in [6.45, 7) is 7.47.